The molecule has 0 aromatic heterocycles. The zero-order valence-corrected chi connectivity index (χ0v) is 6.41. The van der Waals surface area contributed by atoms with E-state index < -0.39 is 0 Å². The first-order valence-corrected chi connectivity index (χ1v) is 3.16. The van der Waals surface area contributed by atoms with E-state index in [0.29, 0.717) is 13.3 Å². The second-order valence-corrected chi connectivity index (χ2v) is 1.56. The Balaban J connectivity index is 2.65. The minimum absolute atomic E-state index is 0.669. The smallest absolute Gasteiger partial charge is 0.0721 e. The second kappa shape index (κ2) is 8.76. The van der Waals surface area contributed by atoms with Crippen LogP contribution in [-0.4, -0.2) is 27.4 Å². The summed E-state index contributed by atoms with van der Waals surface area (Å²) in [6.45, 7) is 1.34. The summed E-state index contributed by atoms with van der Waals surface area (Å²) in [5.74, 6) is 0. The van der Waals surface area contributed by atoms with Crippen molar-refractivity contribution in [3.63, 3.8) is 0 Å². The molecule has 0 aliphatic carbocycles. The summed E-state index contributed by atoms with van der Waals surface area (Å²) in [6, 6.07) is 0. The van der Waals surface area contributed by atoms with E-state index in [1.807, 2.05) is 14.1 Å². The van der Waals surface area contributed by atoms with E-state index in [4.69, 9.17) is 0 Å². The largest absolute Gasteiger partial charge is 0.260 e. The first-order valence-electron chi connectivity index (χ1n) is 3.16. The van der Waals surface area contributed by atoms with Gasteiger partial charge in [-0.2, -0.15) is 0 Å². The monoisotopic (exact) mass is 148 g/mol. The Labute approximate surface area is 61.0 Å². The van der Waals surface area contributed by atoms with Gasteiger partial charge < -0.3 is 0 Å². The van der Waals surface area contributed by atoms with E-state index in [1.165, 1.54) is 0 Å². The first kappa shape index (κ1) is 9.76. The zero-order chi connectivity index (χ0) is 7.66. The molecule has 6 nitrogen and oxygen atoms in total. The standard InChI is InChI=1S/C4H16N6/c1-5-7-3-9-10-4-8-6-2/h5-10H,3-4H2,1-2H3. The number of rotatable bonds is 7. The number of nitrogens with one attached hydrogen (secondary N) is 6. The summed E-state index contributed by atoms with van der Waals surface area (Å²) in [6.07, 6.45) is 0. The molecule has 0 unspecified atom stereocenters. The highest BCUT2D eigenvalue weighted by Gasteiger charge is 1.79. The molecular formula is C4H16N6. The number of hydrogen-bond acceptors (Lipinski definition) is 6. The third-order valence-electron chi connectivity index (χ3n) is 0.832. The Kier molecular flexibility index (Phi) is 8.55. The molecule has 0 atom stereocenters. The summed E-state index contributed by atoms with van der Waals surface area (Å²) in [7, 11) is 3.63. The van der Waals surface area contributed by atoms with Crippen molar-refractivity contribution in [3.8, 4) is 0 Å². The minimum Gasteiger partial charge on any atom is -0.260 e. The van der Waals surface area contributed by atoms with Crippen molar-refractivity contribution < 1.29 is 0 Å². The fourth-order valence-corrected chi connectivity index (χ4v) is 0.390. The normalized spacial score (nSPS) is 10.2. The van der Waals surface area contributed by atoms with Crippen LogP contribution in [0.4, 0.5) is 0 Å². The van der Waals surface area contributed by atoms with Gasteiger partial charge in [0.2, 0.25) is 0 Å². The Morgan fingerprint density at radius 2 is 1.10 bits per heavy atom. The molecule has 62 valence electrons. The van der Waals surface area contributed by atoms with Crippen LogP contribution in [0, 0.1) is 0 Å². The lowest BCUT2D eigenvalue weighted by Gasteiger charge is -2.07. The van der Waals surface area contributed by atoms with Gasteiger partial charge in [0.1, 0.15) is 0 Å². The average molecular weight is 148 g/mol. The molecule has 10 heavy (non-hydrogen) atoms. The van der Waals surface area contributed by atoms with Crippen LogP contribution in [0.3, 0.4) is 0 Å². The van der Waals surface area contributed by atoms with Crippen LogP contribution in [0.15, 0.2) is 0 Å². The van der Waals surface area contributed by atoms with Gasteiger partial charge in [0, 0.05) is 0 Å². The third kappa shape index (κ3) is 7.76. The van der Waals surface area contributed by atoms with Gasteiger partial charge in [-0.15, -0.1) is 0 Å². The van der Waals surface area contributed by atoms with Crippen LogP contribution in [-0.2, 0) is 0 Å². The molecule has 0 spiro atoms. The maximum atomic E-state index is 2.90. The van der Waals surface area contributed by atoms with E-state index in [2.05, 4.69) is 32.6 Å². The van der Waals surface area contributed by atoms with Crippen LogP contribution in [0.5, 0.6) is 0 Å². The summed E-state index contributed by atoms with van der Waals surface area (Å²) in [5, 5.41) is 0. The maximum Gasteiger partial charge on any atom is 0.0721 e. The molecule has 6 heteroatoms. The quantitative estimate of drug-likeness (QED) is 0.136. The highest BCUT2D eigenvalue weighted by atomic mass is 15.5. The minimum atomic E-state index is 0.669. The van der Waals surface area contributed by atoms with Gasteiger partial charge in [-0.25, -0.2) is 21.7 Å². The van der Waals surface area contributed by atoms with Crippen molar-refractivity contribution in [3.05, 3.63) is 0 Å². The molecule has 0 heterocycles. The fraction of sp³-hybridized carbons (Fsp3) is 1.00. The van der Waals surface area contributed by atoms with Crippen molar-refractivity contribution in [1.29, 1.82) is 0 Å². The summed E-state index contributed by atoms with van der Waals surface area (Å²) in [5.41, 5.74) is 17.0. The van der Waals surface area contributed by atoms with Crippen molar-refractivity contribution in [2.45, 2.75) is 0 Å². The van der Waals surface area contributed by atoms with Gasteiger partial charge in [0.15, 0.2) is 0 Å². The van der Waals surface area contributed by atoms with Crippen molar-refractivity contribution >= 4 is 0 Å². The van der Waals surface area contributed by atoms with Crippen LogP contribution in [0.1, 0.15) is 0 Å². The number of hydrogen-bond donors (Lipinski definition) is 6. The molecule has 0 rings (SSSR count). The zero-order valence-electron chi connectivity index (χ0n) is 6.41. The lowest BCUT2D eigenvalue weighted by molar-refractivity contribution is 0.422. The molecule has 0 saturated carbocycles. The van der Waals surface area contributed by atoms with Crippen LogP contribution >= 0.6 is 0 Å². The van der Waals surface area contributed by atoms with Gasteiger partial charge in [-0.3, -0.25) is 10.9 Å². The van der Waals surface area contributed by atoms with Gasteiger partial charge in [-0.1, -0.05) is 0 Å². The molecule has 0 radical (unpaired) electrons. The lowest BCUT2D eigenvalue weighted by Crippen LogP contribution is -2.48. The van der Waals surface area contributed by atoms with E-state index in [-0.39, 0.29) is 0 Å². The highest BCUT2D eigenvalue weighted by Crippen LogP contribution is 1.40. The van der Waals surface area contributed by atoms with Gasteiger partial charge in [0.25, 0.3) is 0 Å². The van der Waals surface area contributed by atoms with Crippen LogP contribution in [0.2, 0.25) is 0 Å². The molecular weight excluding hydrogens is 132 g/mol. The molecule has 0 aliphatic rings. The van der Waals surface area contributed by atoms with Crippen molar-refractivity contribution in [2.24, 2.45) is 0 Å². The first-order chi connectivity index (χ1) is 4.91. The third-order valence-corrected chi connectivity index (χ3v) is 0.832. The van der Waals surface area contributed by atoms with E-state index in [9.17, 15) is 0 Å². The molecule has 0 aromatic carbocycles. The summed E-state index contributed by atoms with van der Waals surface area (Å²) < 4.78 is 0. The van der Waals surface area contributed by atoms with Crippen LogP contribution in [0.25, 0.3) is 0 Å². The Morgan fingerprint density at radius 3 is 1.40 bits per heavy atom. The molecule has 0 aliphatic heterocycles. The highest BCUT2D eigenvalue weighted by molar-refractivity contribution is 4.32. The number of hydrazine groups is 3. The average Bonchev–Trinajstić information content (AvgIpc) is 1.97. The van der Waals surface area contributed by atoms with E-state index in [1.54, 1.807) is 0 Å². The Morgan fingerprint density at radius 1 is 0.700 bits per heavy atom. The molecule has 6 N–H and O–H groups in total. The maximum absolute atomic E-state index is 2.90. The van der Waals surface area contributed by atoms with Crippen molar-refractivity contribution in [2.75, 3.05) is 27.4 Å². The Bertz CT molecular complexity index is 49.7. The van der Waals surface area contributed by atoms with E-state index >= 15 is 0 Å². The van der Waals surface area contributed by atoms with Gasteiger partial charge in [-0.05, 0) is 14.1 Å². The van der Waals surface area contributed by atoms with E-state index in [0.717, 1.165) is 0 Å². The van der Waals surface area contributed by atoms with Gasteiger partial charge >= 0.3 is 0 Å². The molecule has 0 saturated heterocycles. The Hall–Kier alpha value is -0.240. The van der Waals surface area contributed by atoms with Crippen molar-refractivity contribution in [1.82, 2.24) is 32.6 Å². The fourth-order valence-electron chi connectivity index (χ4n) is 0.390. The molecule has 0 amide bonds. The molecule has 0 fully saturated rings. The van der Waals surface area contributed by atoms with Gasteiger partial charge in [0.05, 0.1) is 13.3 Å². The molecule has 0 bridgehead atoms. The second-order valence-electron chi connectivity index (χ2n) is 1.56. The van der Waals surface area contributed by atoms with Crippen LogP contribution < -0.4 is 32.6 Å². The summed E-state index contributed by atoms with van der Waals surface area (Å²) >= 11 is 0. The SMILES string of the molecule is CNNCNNCNNC. The lowest BCUT2D eigenvalue weighted by atomic mass is 11.1. The predicted octanol–water partition coefficient (Wildman–Crippen LogP) is -2.56. The molecule has 0 aromatic rings. The predicted molar refractivity (Wildman–Crippen MR) is 40.4 cm³/mol. The summed E-state index contributed by atoms with van der Waals surface area (Å²) in [4.78, 5) is 0. The topological polar surface area (TPSA) is 72.2 Å².